The molecule has 0 aliphatic rings. The maximum absolute atomic E-state index is 11.1. The molecule has 4 nitrogen and oxygen atoms in total. The van der Waals surface area contributed by atoms with Crippen molar-refractivity contribution in [1.29, 1.82) is 0 Å². The first-order valence-electron chi connectivity index (χ1n) is 6.86. The monoisotopic (exact) mass is 309 g/mol. The van der Waals surface area contributed by atoms with Crippen molar-refractivity contribution >= 4 is 22.9 Å². The van der Waals surface area contributed by atoms with Crippen LogP contribution >= 0.6 is 11.3 Å². The van der Waals surface area contributed by atoms with Gasteiger partial charge in [-0.3, -0.25) is 4.79 Å². The molecule has 0 saturated carbocycles. The number of aromatic nitrogens is 1. The third-order valence-corrected chi connectivity index (χ3v) is 4.26. The van der Waals surface area contributed by atoms with E-state index in [0.717, 1.165) is 27.7 Å². The number of hydrogen-bond acceptors (Lipinski definition) is 4. The highest BCUT2D eigenvalue weighted by molar-refractivity contribution is 7.15. The zero-order chi connectivity index (χ0) is 15.4. The lowest BCUT2D eigenvalue weighted by atomic mass is 10.1. The summed E-state index contributed by atoms with van der Waals surface area (Å²) in [7, 11) is 0. The van der Waals surface area contributed by atoms with Gasteiger partial charge < -0.3 is 11.1 Å². The van der Waals surface area contributed by atoms with Crippen LogP contribution in [0.2, 0.25) is 0 Å². The average molecular weight is 309 g/mol. The van der Waals surface area contributed by atoms with E-state index in [-0.39, 0.29) is 0 Å². The van der Waals surface area contributed by atoms with Gasteiger partial charge in [-0.15, -0.1) is 11.3 Å². The molecule has 0 saturated heterocycles. The molecule has 0 fully saturated rings. The molecule has 5 heteroatoms. The Morgan fingerprint density at radius 1 is 1.09 bits per heavy atom. The summed E-state index contributed by atoms with van der Waals surface area (Å²) in [6.45, 7) is 0.737. The van der Waals surface area contributed by atoms with Crippen LogP contribution in [0, 0.1) is 0 Å². The molecule has 0 radical (unpaired) electrons. The van der Waals surface area contributed by atoms with Gasteiger partial charge in [0.2, 0.25) is 5.91 Å². The van der Waals surface area contributed by atoms with E-state index in [1.807, 2.05) is 48.7 Å². The molecule has 1 aromatic heterocycles. The van der Waals surface area contributed by atoms with Crippen LogP contribution < -0.4 is 11.1 Å². The van der Waals surface area contributed by atoms with Gasteiger partial charge in [-0.25, -0.2) is 4.98 Å². The van der Waals surface area contributed by atoms with Crippen LogP contribution in [0.5, 0.6) is 0 Å². The Balaban J connectivity index is 1.69. The number of carbonyl (C=O) groups excluding carboxylic acids is 1. The smallest absolute Gasteiger partial charge is 0.248 e. The van der Waals surface area contributed by atoms with Gasteiger partial charge in [0.05, 0.1) is 6.54 Å². The van der Waals surface area contributed by atoms with Crippen LogP contribution in [0.15, 0.2) is 60.8 Å². The number of nitrogens with one attached hydrogen (secondary N) is 1. The minimum atomic E-state index is -0.418. The Morgan fingerprint density at radius 2 is 1.82 bits per heavy atom. The van der Waals surface area contributed by atoms with E-state index >= 15 is 0 Å². The normalized spacial score (nSPS) is 10.4. The summed E-state index contributed by atoms with van der Waals surface area (Å²) in [5.41, 5.74) is 7.82. The molecule has 0 atom stereocenters. The molecule has 110 valence electrons. The third kappa shape index (κ3) is 3.32. The molecule has 22 heavy (non-hydrogen) atoms. The number of nitrogens with zero attached hydrogens (tertiary/aromatic N) is 1. The number of para-hydroxylation sites is 1. The molecule has 0 spiro atoms. The summed E-state index contributed by atoms with van der Waals surface area (Å²) < 4.78 is 0. The zero-order valence-corrected chi connectivity index (χ0v) is 12.6. The topological polar surface area (TPSA) is 68.0 Å². The van der Waals surface area contributed by atoms with Crippen LogP contribution in [-0.2, 0) is 6.54 Å². The fraction of sp³-hybridized carbons (Fsp3) is 0.0588. The van der Waals surface area contributed by atoms with E-state index in [4.69, 9.17) is 5.73 Å². The van der Waals surface area contributed by atoms with Crippen molar-refractivity contribution in [3.63, 3.8) is 0 Å². The molecule has 0 aliphatic carbocycles. The highest BCUT2D eigenvalue weighted by atomic mass is 32.1. The second-order valence-corrected chi connectivity index (χ2v) is 5.91. The van der Waals surface area contributed by atoms with Crippen molar-refractivity contribution in [3.8, 4) is 10.6 Å². The Labute approximate surface area is 132 Å². The Hall–Kier alpha value is -2.66. The largest absolute Gasteiger partial charge is 0.380 e. The lowest BCUT2D eigenvalue weighted by Gasteiger charge is -2.03. The molecule has 3 N–H and O–H groups in total. The number of benzene rings is 2. The summed E-state index contributed by atoms with van der Waals surface area (Å²) >= 11 is 1.63. The van der Waals surface area contributed by atoms with Crippen molar-refractivity contribution < 1.29 is 4.79 Å². The minimum absolute atomic E-state index is 0.418. The lowest BCUT2D eigenvalue weighted by Crippen LogP contribution is -2.10. The first-order chi connectivity index (χ1) is 10.7. The number of thiazole rings is 1. The highest BCUT2D eigenvalue weighted by Crippen LogP contribution is 2.26. The highest BCUT2D eigenvalue weighted by Gasteiger charge is 2.06. The maximum Gasteiger partial charge on any atom is 0.248 e. The van der Waals surface area contributed by atoms with Crippen LogP contribution in [0.4, 0.5) is 5.69 Å². The van der Waals surface area contributed by atoms with E-state index in [1.165, 1.54) is 0 Å². The van der Waals surface area contributed by atoms with Crippen LogP contribution in [-0.4, -0.2) is 10.9 Å². The van der Waals surface area contributed by atoms with Crippen molar-refractivity contribution in [2.75, 3.05) is 5.32 Å². The number of hydrogen-bond donors (Lipinski definition) is 2. The Morgan fingerprint density at radius 3 is 2.50 bits per heavy atom. The lowest BCUT2D eigenvalue weighted by molar-refractivity contribution is 0.100. The van der Waals surface area contributed by atoms with Gasteiger partial charge in [-0.2, -0.15) is 0 Å². The zero-order valence-electron chi connectivity index (χ0n) is 11.8. The summed E-state index contributed by atoms with van der Waals surface area (Å²) in [4.78, 5) is 16.7. The molecule has 1 amide bonds. The molecule has 2 aromatic carbocycles. The quantitative estimate of drug-likeness (QED) is 0.757. The standard InChI is InChI=1S/C17H15N3OS/c18-16(21)12-6-8-13(9-7-12)17-20-11-15(22-17)10-19-14-4-2-1-3-5-14/h1-9,11,19H,10H2,(H2,18,21). The average Bonchev–Trinajstić information content (AvgIpc) is 3.03. The summed E-state index contributed by atoms with van der Waals surface area (Å²) in [5.74, 6) is -0.418. The number of nitrogens with two attached hydrogens (primary N) is 1. The van der Waals surface area contributed by atoms with Gasteiger partial charge >= 0.3 is 0 Å². The van der Waals surface area contributed by atoms with E-state index in [0.29, 0.717) is 5.56 Å². The molecule has 0 unspecified atom stereocenters. The fourth-order valence-corrected chi connectivity index (χ4v) is 2.90. The molecule has 1 heterocycles. The Kier molecular flexibility index (Phi) is 4.16. The van der Waals surface area contributed by atoms with Crippen LogP contribution in [0.3, 0.4) is 0 Å². The molecule has 3 aromatic rings. The third-order valence-electron chi connectivity index (χ3n) is 3.21. The van der Waals surface area contributed by atoms with Gasteiger partial charge in [0.25, 0.3) is 0 Å². The van der Waals surface area contributed by atoms with Gasteiger partial charge in [0.1, 0.15) is 5.01 Å². The van der Waals surface area contributed by atoms with Crippen LogP contribution in [0.25, 0.3) is 10.6 Å². The van der Waals surface area contributed by atoms with Crippen molar-refractivity contribution in [3.05, 3.63) is 71.2 Å². The number of anilines is 1. The van der Waals surface area contributed by atoms with E-state index in [9.17, 15) is 4.79 Å². The summed E-state index contributed by atoms with van der Waals surface area (Å²) in [5, 5.41) is 4.29. The predicted molar refractivity (Wildman–Crippen MR) is 89.8 cm³/mol. The van der Waals surface area contributed by atoms with E-state index in [2.05, 4.69) is 10.3 Å². The van der Waals surface area contributed by atoms with E-state index in [1.54, 1.807) is 23.5 Å². The van der Waals surface area contributed by atoms with Gasteiger partial charge in [0, 0.05) is 27.9 Å². The summed E-state index contributed by atoms with van der Waals surface area (Å²) in [6, 6.07) is 17.2. The van der Waals surface area contributed by atoms with Gasteiger partial charge in [-0.1, -0.05) is 30.3 Å². The molecular weight excluding hydrogens is 294 g/mol. The molecule has 3 rings (SSSR count). The number of rotatable bonds is 5. The van der Waals surface area contributed by atoms with Gasteiger partial charge in [-0.05, 0) is 24.3 Å². The maximum atomic E-state index is 11.1. The van der Waals surface area contributed by atoms with Crippen molar-refractivity contribution in [1.82, 2.24) is 4.98 Å². The van der Waals surface area contributed by atoms with Crippen molar-refractivity contribution in [2.24, 2.45) is 5.73 Å². The van der Waals surface area contributed by atoms with E-state index < -0.39 is 5.91 Å². The predicted octanol–water partition coefficient (Wildman–Crippen LogP) is 3.52. The van der Waals surface area contributed by atoms with Gasteiger partial charge in [0.15, 0.2) is 0 Å². The number of carbonyl (C=O) groups is 1. The second kappa shape index (κ2) is 6.41. The molecule has 0 aliphatic heterocycles. The number of amides is 1. The number of primary amides is 1. The van der Waals surface area contributed by atoms with Crippen molar-refractivity contribution in [2.45, 2.75) is 6.54 Å². The SMILES string of the molecule is NC(=O)c1ccc(-c2ncc(CNc3ccccc3)s2)cc1. The van der Waals surface area contributed by atoms with Crippen LogP contribution in [0.1, 0.15) is 15.2 Å². The summed E-state index contributed by atoms with van der Waals surface area (Å²) in [6.07, 6.45) is 1.87. The fourth-order valence-electron chi connectivity index (χ4n) is 2.04. The first-order valence-corrected chi connectivity index (χ1v) is 7.68. The molecular formula is C17H15N3OS. The molecule has 0 bridgehead atoms. The Bertz CT molecular complexity index is 766. The minimum Gasteiger partial charge on any atom is -0.380 e. The second-order valence-electron chi connectivity index (χ2n) is 4.79. The first kappa shape index (κ1) is 14.3.